The number of imide groups is 2. The molecule has 7 N–H and O–H groups in total. The maximum absolute atomic E-state index is 13.1. The Kier molecular flexibility index (Phi) is 7.81. The van der Waals surface area contributed by atoms with Gasteiger partial charge in [-0.1, -0.05) is 29.9 Å². The smallest absolute Gasteiger partial charge is 0.335 e. The summed E-state index contributed by atoms with van der Waals surface area (Å²) in [6.45, 7) is 1.55. The SMILES string of the molecule is CC(C=Cc1c(O)n(-c2cccc(C(N)=O)c2)c(=O)[nH]c1=O)=CC=C1C(=O)NC(=O)N(c2cccc(C(N)=O)c2)C1=O. The van der Waals surface area contributed by atoms with Crippen LogP contribution in [0, 0.1) is 0 Å². The predicted molar refractivity (Wildman–Crippen MR) is 150 cm³/mol. The number of nitrogens with two attached hydrogens (primary N) is 2. The molecule has 0 radical (unpaired) electrons. The number of hydrogen-bond acceptors (Lipinski definition) is 8. The molecule has 1 fully saturated rings. The van der Waals surface area contributed by atoms with Gasteiger partial charge in [-0.3, -0.25) is 34.3 Å². The lowest BCUT2D eigenvalue weighted by atomic mass is 10.1. The number of urea groups is 1. The predicted octanol–water partition coefficient (Wildman–Crippen LogP) is 0.598. The highest BCUT2D eigenvalue weighted by Crippen LogP contribution is 2.22. The zero-order valence-corrected chi connectivity index (χ0v) is 21.8. The van der Waals surface area contributed by atoms with Gasteiger partial charge in [0.25, 0.3) is 17.4 Å². The summed E-state index contributed by atoms with van der Waals surface area (Å²) in [5, 5.41) is 12.8. The van der Waals surface area contributed by atoms with E-state index in [0.29, 0.717) is 10.5 Å². The standard InChI is InChI=1S/C28H22N6O8/c1-14(8-10-19-23(37)31-27(41)33(25(19)39)17-6-2-4-15(12-17)21(29)35)9-11-20-24(38)32-28(42)34(26(20)40)18-7-3-5-16(13-18)22(30)36/h2-13,39H,1H3,(H2,29,35)(H2,30,36)(H,31,37,41)(H,32,38,42). The number of nitrogens with one attached hydrogen (secondary N) is 2. The molecule has 14 nitrogen and oxygen atoms in total. The van der Waals surface area contributed by atoms with Crippen LogP contribution in [0.4, 0.5) is 10.5 Å². The normalized spacial score (nSPS) is 14.9. The number of aromatic hydroxyl groups is 1. The molecule has 1 saturated heterocycles. The molecular formula is C28H22N6O8. The number of carbonyl (C=O) groups is 5. The van der Waals surface area contributed by atoms with E-state index in [1.807, 2.05) is 5.32 Å². The molecule has 0 spiro atoms. The maximum Gasteiger partial charge on any atom is 0.335 e. The molecule has 0 aliphatic carbocycles. The number of rotatable bonds is 7. The highest BCUT2D eigenvalue weighted by molar-refractivity contribution is 6.37. The monoisotopic (exact) mass is 570 g/mol. The van der Waals surface area contributed by atoms with Crippen LogP contribution in [0.3, 0.4) is 0 Å². The molecule has 1 aliphatic heterocycles. The quantitative estimate of drug-likeness (QED) is 0.153. The number of primary amides is 2. The van der Waals surface area contributed by atoms with Gasteiger partial charge in [-0.25, -0.2) is 19.1 Å². The average molecular weight is 571 g/mol. The van der Waals surface area contributed by atoms with Crippen molar-refractivity contribution < 1.29 is 29.1 Å². The number of H-pyrrole nitrogens is 1. The van der Waals surface area contributed by atoms with Crippen LogP contribution in [-0.2, 0) is 9.59 Å². The summed E-state index contributed by atoms with van der Waals surface area (Å²) in [5.74, 6) is -4.18. The van der Waals surface area contributed by atoms with Crippen molar-refractivity contribution in [3.05, 3.63) is 115 Å². The van der Waals surface area contributed by atoms with Crippen molar-refractivity contribution in [2.24, 2.45) is 11.5 Å². The van der Waals surface area contributed by atoms with Gasteiger partial charge >= 0.3 is 11.7 Å². The van der Waals surface area contributed by atoms with Gasteiger partial charge in [0.1, 0.15) is 11.1 Å². The minimum Gasteiger partial charge on any atom is -0.494 e. The number of amides is 6. The number of aromatic amines is 1. The lowest BCUT2D eigenvalue weighted by Gasteiger charge is -2.26. The Morgan fingerprint density at radius 2 is 1.50 bits per heavy atom. The Balaban J connectivity index is 1.66. The van der Waals surface area contributed by atoms with Crippen molar-refractivity contribution in [3.8, 4) is 11.6 Å². The number of benzene rings is 2. The molecule has 212 valence electrons. The Hall–Kier alpha value is -6.31. The number of allylic oxidation sites excluding steroid dienone is 4. The molecule has 42 heavy (non-hydrogen) atoms. The van der Waals surface area contributed by atoms with Crippen LogP contribution < -0.4 is 32.9 Å². The van der Waals surface area contributed by atoms with E-state index in [9.17, 15) is 38.7 Å². The molecular weight excluding hydrogens is 548 g/mol. The van der Waals surface area contributed by atoms with Gasteiger partial charge in [0.2, 0.25) is 17.7 Å². The molecule has 1 aromatic heterocycles. The van der Waals surface area contributed by atoms with E-state index < -0.39 is 52.4 Å². The summed E-state index contributed by atoms with van der Waals surface area (Å²) in [6, 6.07) is 9.93. The van der Waals surface area contributed by atoms with Crippen molar-refractivity contribution in [2.75, 3.05) is 4.90 Å². The Labute approximate surface area is 235 Å². The molecule has 2 heterocycles. The van der Waals surface area contributed by atoms with E-state index in [1.54, 1.807) is 6.92 Å². The second kappa shape index (κ2) is 11.4. The molecule has 0 unspecified atom stereocenters. The lowest BCUT2D eigenvalue weighted by Crippen LogP contribution is -2.54. The largest absolute Gasteiger partial charge is 0.494 e. The molecule has 1 aliphatic rings. The molecule has 14 heteroatoms. The Morgan fingerprint density at radius 1 is 0.905 bits per heavy atom. The summed E-state index contributed by atoms with van der Waals surface area (Å²) >= 11 is 0. The summed E-state index contributed by atoms with van der Waals surface area (Å²) in [4.78, 5) is 88.5. The van der Waals surface area contributed by atoms with Crippen LogP contribution >= 0.6 is 0 Å². The van der Waals surface area contributed by atoms with Crippen LogP contribution in [0.15, 0.2) is 87.5 Å². The number of carbonyl (C=O) groups excluding carboxylic acids is 5. The second-order valence-electron chi connectivity index (χ2n) is 8.89. The molecule has 2 aromatic carbocycles. The van der Waals surface area contributed by atoms with E-state index in [2.05, 4.69) is 4.98 Å². The molecule has 6 amide bonds. The van der Waals surface area contributed by atoms with E-state index in [0.717, 1.165) is 10.6 Å². The number of hydrogen-bond donors (Lipinski definition) is 5. The van der Waals surface area contributed by atoms with Crippen molar-refractivity contribution in [2.45, 2.75) is 6.92 Å². The maximum atomic E-state index is 13.1. The van der Waals surface area contributed by atoms with E-state index in [-0.39, 0.29) is 28.1 Å². The molecule has 0 atom stereocenters. The number of barbiturate groups is 1. The third kappa shape index (κ3) is 5.67. The Morgan fingerprint density at radius 3 is 2.12 bits per heavy atom. The summed E-state index contributed by atoms with van der Waals surface area (Å²) in [7, 11) is 0. The highest BCUT2D eigenvalue weighted by Gasteiger charge is 2.36. The van der Waals surface area contributed by atoms with Gasteiger partial charge < -0.3 is 16.6 Å². The van der Waals surface area contributed by atoms with Crippen molar-refractivity contribution in [1.82, 2.24) is 14.9 Å². The van der Waals surface area contributed by atoms with Crippen molar-refractivity contribution in [1.29, 1.82) is 0 Å². The fourth-order valence-corrected chi connectivity index (χ4v) is 3.92. The zero-order valence-electron chi connectivity index (χ0n) is 21.8. The average Bonchev–Trinajstić information content (AvgIpc) is 2.92. The van der Waals surface area contributed by atoms with Gasteiger partial charge in [0.15, 0.2) is 0 Å². The second-order valence-corrected chi connectivity index (χ2v) is 8.89. The zero-order chi connectivity index (χ0) is 30.7. The van der Waals surface area contributed by atoms with Crippen LogP contribution in [0.2, 0.25) is 0 Å². The first-order valence-corrected chi connectivity index (χ1v) is 12.0. The molecule has 0 saturated carbocycles. The summed E-state index contributed by atoms with van der Waals surface area (Å²) < 4.78 is 0.776. The topological polar surface area (TPSA) is 228 Å². The van der Waals surface area contributed by atoms with E-state index >= 15 is 0 Å². The first-order valence-electron chi connectivity index (χ1n) is 12.0. The van der Waals surface area contributed by atoms with E-state index in [4.69, 9.17) is 11.5 Å². The van der Waals surface area contributed by atoms with Gasteiger partial charge in [-0.15, -0.1) is 0 Å². The summed E-state index contributed by atoms with van der Waals surface area (Å²) in [5.41, 5.74) is 8.54. The highest BCUT2D eigenvalue weighted by atomic mass is 16.3. The fourth-order valence-electron chi connectivity index (χ4n) is 3.92. The summed E-state index contributed by atoms with van der Waals surface area (Å²) in [6.07, 6.45) is 5.05. The Bertz CT molecular complexity index is 1900. The lowest BCUT2D eigenvalue weighted by molar-refractivity contribution is -0.122. The van der Waals surface area contributed by atoms with Crippen LogP contribution in [0.5, 0.6) is 5.88 Å². The van der Waals surface area contributed by atoms with Crippen molar-refractivity contribution in [3.63, 3.8) is 0 Å². The van der Waals surface area contributed by atoms with E-state index in [1.165, 1.54) is 66.8 Å². The molecule has 4 rings (SSSR count). The van der Waals surface area contributed by atoms with Gasteiger partial charge in [-0.2, -0.15) is 0 Å². The van der Waals surface area contributed by atoms with Gasteiger partial charge in [0, 0.05) is 11.1 Å². The minimum absolute atomic E-state index is 0.0130. The fraction of sp³-hybridized carbons (Fsp3) is 0.0357. The number of aromatic nitrogens is 2. The number of nitrogens with zero attached hydrogens (tertiary/aromatic N) is 2. The van der Waals surface area contributed by atoms with Crippen LogP contribution in [0.25, 0.3) is 11.8 Å². The first-order chi connectivity index (χ1) is 19.9. The number of anilines is 1. The third-order valence-electron chi connectivity index (χ3n) is 6.03. The van der Waals surface area contributed by atoms with Crippen LogP contribution in [-0.4, -0.2) is 44.3 Å². The van der Waals surface area contributed by atoms with Gasteiger partial charge in [0.05, 0.1) is 11.4 Å². The van der Waals surface area contributed by atoms with Crippen molar-refractivity contribution >= 4 is 41.4 Å². The molecule has 3 aromatic rings. The molecule has 0 bridgehead atoms. The first kappa shape index (κ1) is 28.7. The minimum atomic E-state index is -1.02. The third-order valence-corrected chi connectivity index (χ3v) is 6.03. The van der Waals surface area contributed by atoms with Crippen LogP contribution in [0.1, 0.15) is 33.2 Å². The van der Waals surface area contributed by atoms with Gasteiger partial charge in [-0.05, 0) is 55.5 Å².